The molecule has 0 bridgehead atoms. The molecule has 2 unspecified atom stereocenters. The molecule has 1 N–H and O–H groups in total. The Morgan fingerprint density at radius 2 is 2.35 bits per heavy atom. The maximum absolute atomic E-state index is 5.65. The van der Waals surface area contributed by atoms with Gasteiger partial charge in [-0.15, -0.1) is 11.3 Å². The maximum Gasteiger partial charge on any atom is 0.185 e. The van der Waals surface area contributed by atoms with Crippen molar-refractivity contribution in [1.82, 2.24) is 10.3 Å². The summed E-state index contributed by atoms with van der Waals surface area (Å²) in [7, 11) is 3.84. The summed E-state index contributed by atoms with van der Waals surface area (Å²) >= 11 is 1.77. The third-order valence-corrected chi connectivity index (χ3v) is 5.03. The van der Waals surface area contributed by atoms with Crippen molar-refractivity contribution in [3.8, 4) is 0 Å². The van der Waals surface area contributed by atoms with Crippen LogP contribution in [-0.4, -0.2) is 51.0 Å². The molecule has 0 aliphatic carbocycles. The van der Waals surface area contributed by atoms with Crippen LogP contribution in [0, 0.1) is 6.92 Å². The molecular weight excluding hydrogens is 274 g/mol. The third kappa shape index (κ3) is 3.69. The first-order valence-corrected chi connectivity index (χ1v) is 7.95. The lowest BCUT2D eigenvalue weighted by atomic mass is 10.1. The zero-order chi connectivity index (χ0) is 14.5. The van der Waals surface area contributed by atoms with Crippen LogP contribution in [0.5, 0.6) is 0 Å². The SMILES string of the molecule is COCCNCc1sc(N(C)C2CCOC2C)nc1C. The zero-order valence-corrected chi connectivity index (χ0v) is 13.6. The van der Waals surface area contributed by atoms with Crippen LogP contribution in [-0.2, 0) is 16.0 Å². The Morgan fingerprint density at radius 1 is 1.55 bits per heavy atom. The number of anilines is 1. The van der Waals surface area contributed by atoms with Gasteiger partial charge in [0.15, 0.2) is 5.13 Å². The minimum atomic E-state index is 0.285. The normalized spacial score (nSPS) is 22.4. The van der Waals surface area contributed by atoms with Crippen molar-refractivity contribution in [2.75, 3.05) is 38.8 Å². The first kappa shape index (κ1) is 15.7. The Labute approximate surface area is 125 Å². The second-order valence-corrected chi connectivity index (χ2v) is 6.28. The van der Waals surface area contributed by atoms with E-state index >= 15 is 0 Å². The molecule has 0 amide bonds. The van der Waals surface area contributed by atoms with Gasteiger partial charge in [0.05, 0.1) is 24.4 Å². The summed E-state index contributed by atoms with van der Waals surface area (Å²) in [6.07, 6.45) is 1.37. The van der Waals surface area contributed by atoms with Crippen LogP contribution in [0.3, 0.4) is 0 Å². The van der Waals surface area contributed by atoms with E-state index in [1.165, 1.54) is 4.88 Å². The lowest BCUT2D eigenvalue weighted by molar-refractivity contribution is 0.118. The predicted octanol–water partition coefficient (Wildman–Crippen LogP) is 1.80. The zero-order valence-electron chi connectivity index (χ0n) is 12.8. The lowest BCUT2D eigenvalue weighted by Crippen LogP contribution is -2.36. The van der Waals surface area contributed by atoms with E-state index < -0.39 is 0 Å². The topological polar surface area (TPSA) is 46.6 Å². The van der Waals surface area contributed by atoms with Crippen molar-refractivity contribution >= 4 is 16.5 Å². The third-order valence-electron chi connectivity index (χ3n) is 3.79. The summed E-state index contributed by atoms with van der Waals surface area (Å²) in [4.78, 5) is 8.28. The van der Waals surface area contributed by atoms with Crippen LogP contribution in [0.15, 0.2) is 0 Å². The molecule has 1 aliphatic rings. The monoisotopic (exact) mass is 299 g/mol. The van der Waals surface area contributed by atoms with Crippen LogP contribution in [0.4, 0.5) is 5.13 Å². The highest BCUT2D eigenvalue weighted by Gasteiger charge is 2.29. The van der Waals surface area contributed by atoms with E-state index in [2.05, 4.69) is 31.1 Å². The predicted molar refractivity (Wildman–Crippen MR) is 82.7 cm³/mol. The number of nitrogens with one attached hydrogen (secondary N) is 1. The number of hydrogen-bond donors (Lipinski definition) is 1. The number of ether oxygens (including phenoxy) is 2. The van der Waals surface area contributed by atoms with Crippen LogP contribution in [0.1, 0.15) is 23.9 Å². The van der Waals surface area contributed by atoms with E-state index in [0.29, 0.717) is 6.04 Å². The molecule has 1 aromatic heterocycles. The van der Waals surface area contributed by atoms with Gasteiger partial charge in [-0.25, -0.2) is 4.98 Å². The van der Waals surface area contributed by atoms with Gasteiger partial charge in [0.1, 0.15) is 0 Å². The Hall–Kier alpha value is -0.690. The number of likely N-dealkylation sites (N-methyl/N-ethyl adjacent to an activating group) is 1. The molecule has 1 saturated heterocycles. The standard InChI is InChI=1S/C14H25N3O2S/c1-10-13(9-15-6-8-18-4)20-14(16-10)17(3)12-5-7-19-11(12)2/h11-12,15H,5-9H2,1-4H3. The average Bonchev–Trinajstić information content (AvgIpc) is 3.01. The Bertz CT molecular complexity index is 425. The first-order valence-electron chi connectivity index (χ1n) is 7.14. The van der Waals surface area contributed by atoms with Gasteiger partial charge >= 0.3 is 0 Å². The van der Waals surface area contributed by atoms with E-state index in [0.717, 1.165) is 43.5 Å². The summed E-state index contributed by atoms with van der Waals surface area (Å²) in [6, 6.07) is 0.440. The van der Waals surface area contributed by atoms with Gasteiger partial charge < -0.3 is 19.7 Å². The summed E-state index contributed by atoms with van der Waals surface area (Å²) < 4.78 is 10.7. The van der Waals surface area contributed by atoms with E-state index in [4.69, 9.17) is 14.5 Å². The summed E-state index contributed by atoms with van der Waals surface area (Å²) in [5.41, 5.74) is 1.12. The molecule has 20 heavy (non-hydrogen) atoms. The Morgan fingerprint density at radius 3 is 3.00 bits per heavy atom. The fraction of sp³-hybridized carbons (Fsp3) is 0.786. The molecule has 0 radical (unpaired) electrons. The molecule has 1 fully saturated rings. The van der Waals surface area contributed by atoms with E-state index in [1.807, 2.05) is 0 Å². The average molecular weight is 299 g/mol. The molecule has 1 aromatic rings. The van der Waals surface area contributed by atoms with Crippen molar-refractivity contribution in [2.45, 2.75) is 39.0 Å². The summed E-state index contributed by atoms with van der Waals surface area (Å²) in [5.74, 6) is 0. The summed E-state index contributed by atoms with van der Waals surface area (Å²) in [5, 5.41) is 4.47. The van der Waals surface area contributed by atoms with Crippen LogP contribution in [0.25, 0.3) is 0 Å². The number of thiazole rings is 1. The van der Waals surface area contributed by atoms with Gasteiger partial charge in [0.2, 0.25) is 0 Å². The minimum absolute atomic E-state index is 0.285. The van der Waals surface area contributed by atoms with Crippen molar-refractivity contribution < 1.29 is 9.47 Å². The lowest BCUT2D eigenvalue weighted by Gasteiger charge is -2.26. The van der Waals surface area contributed by atoms with Gasteiger partial charge in [-0.1, -0.05) is 0 Å². The minimum Gasteiger partial charge on any atom is -0.383 e. The Kier molecular flexibility index (Phi) is 5.77. The fourth-order valence-corrected chi connectivity index (χ4v) is 3.52. The van der Waals surface area contributed by atoms with Gasteiger partial charge in [0.25, 0.3) is 0 Å². The fourth-order valence-electron chi connectivity index (χ4n) is 2.47. The molecule has 0 spiro atoms. The molecule has 6 heteroatoms. The number of methoxy groups -OCH3 is 1. The van der Waals surface area contributed by atoms with E-state index in [-0.39, 0.29) is 6.10 Å². The first-order chi connectivity index (χ1) is 9.63. The van der Waals surface area contributed by atoms with E-state index in [9.17, 15) is 0 Å². The van der Waals surface area contributed by atoms with Crippen molar-refractivity contribution in [3.05, 3.63) is 10.6 Å². The highest BCUT2D eigenvalue weighted by atomic mass is 32.1. The van der Waals surface area contributed by atoms with Gasteiger partial charge in [0, 0.05) is 38.7 Å². The molecular formula is C14H25N3O2S. The van der Waals surface area contributed by atoms with Gasteiger partial charge in [-0.3, -0.25) is 0 Å². The maximum atomic E-state index is 5.65. The summed E-state index contributed by atoms with van der Waals surface area (Å²) in [6.45, 7) is 7.54. The molecule has 2 atom stereocenters. The molecule has 2 rings (SSSR count). The van der Waals surface area contributed by atoms with E-state index in [1.54, 1.807) is 18.4 Å². The number of hydrogen-bond acceptors (Lipinski definition) is 6. The quantitative estimate of drug-likeness (QED) is 0.778. The van der Waals surface area contributed by atoms with Crippen molar-refractivity contribution in [1.29, 1.82) is 0 Å². The van der Waals surface area contributed by atoms with Crippen molar-refractivity contribution in [3.63, 3.8) is 0 Å². The van der Waals surface area contributed by atoms with Crippen LogP contribution in [0.2, 0.25) is 0 Å². The molecule has 5 nitrogen and oxygen atoms in total. The molecule has 1 aliphatic heterocycles. The highest BCUT2D eigenvalue weighted by molar-refractivity contribution is 7.15. The number of nitrogens with zero attached hydrogens (tertiary/aromatic N) is 2. The van der Waals surface area contributed by atoms with Crippen LogP contribution < -0.4 is 10.2 Å². The highest BCUT2D eigenvalue weighted by Crippen LogP contribution is 2.30. The second kappa shape index (κ2) is 7.36. The number of aromatic nitrogens is 1. The number of rotatable bonds is 7. The number of aryl methyl sites for hydroxylation is 1. The molecule has 0 aromatic carbocycles. The smallest absolute Gasteiger partial charge is 0.185 e. The van der Waals surface area contributed by atoms with Crippen LogP contribution >= 0.6 is 11.3 Å². The molecule has 2 heterocycles. The molecule has 0 saturated carbocycles. The van der Waals surface area contributed by atoms with Gasteiger partial charge in [-0.05, 0) is 20.3 Å². The molecule has 114 valence electrons. The van der Waals surface area contributed by atoms with Crippen molar-refractivity contribution in [2.24, 2.45) is 0 Å². The second-order valence-electron chi connectivity index (χ2n) is 5.22. The Balaban J connectivity index is 1.95. The largest absolute Gasteiger partial charge is 0.383 e. The van der Waals surface area contributed by atoms with Gasteiger partial charge in [-0.2, -0.15) is 0 Å².